The molecule has 0 amide bonds. The minimum atomic E-state index is -3.28. The van der Waals surface area contributed by atoms with E-state index in [2.05, 4.69) is 4.90 Å². The van der Waals surface area contributed by atoms with Crippen LogP contribution in [0.3, 0.4) is 0 Å². The Hall–Kier alpha value is -1.17. The van der Waals surface area contributed by atoms with E-state index in [4.69, 9.17) is 0 Å². The van der Waals surface area contributed by atoms with Gasteiger partial charge in [-0.25, -0.2) is 8.42 Å². The second kappa shape index (κ2) is 5.65. The van der Waals surface area contributed by atoms with E-state index in [0.717, 1.165) is 18.7 Å². The van der Waals surface area contributed by atoms with E-state index in [1.165, 1.54) is 9.71 Å². The van der Waals surface area contributed by atoms with Gasteiger partial charge in [0.05, 0.1) is 0 Å². The topological polar surface area (TPSA) is 40.6 Å². The Morgan fingerprint density at radius 1 is 1.06 bits per heavy atom. The fourth-order valence-electron chi connectivity index (χ4n) is 1.86. The van der Waals surface area contributed by atoms with Gasteiger partial charge in [-0.15, -0.1) is 0 Å². The molecule has 1 aromatic carbocycles. The van der Waals surface area contributed by atoms with Gasteiger partial charge >= 0.3 is 0 Å². The third kappa shape index (κ3) is 3.41. The van der Waals surface area contributed by atoms with Crippen molar-refractivity contribution in [1.29, 1.82) is 0 Å². The average molecular weight is 266 g/mol. The maximum Gasteiger partial charge on any atom is 0.236 e. The molecule has 0 saturated carbocycles. The Kier molecular flexibility index (Phi) is 4.16. The van der Waals surface area contributed by atoms with Crippen molar-refractivity contribution >= 4 is 16.1 Å². The molecule has 5 heteroatoms. The van der Waals surface area contributed by atoms with Crippen LogP contribution < -0.4 is 0 Å². The summed E-state index contributed by atoms with van der Waals surface area (Å²) in [6, 6.07) is 9.46. The smallest absolute Gasteiger partial charge is 0.236 e. The normalized spacial score (nSPS) is 19.4. The predicted octanol–water partition coefficient (Wildman–Crippen LogP) is 1.23. The first-order valence-corrected chi connectivity index (χ1v) is 7.50. The second-order valence-corrected chi connectivity index (χ2v) is 6.28. The summed E-state index contributed by atoms with van der Waals surface area (Å²) in [5.41, 5.74) is 0.898. The molecule has 1 heterocycles. The standard InChI is InChI=1S/C13H18N2O2S/c1-14-8-10-15(11-9-14)18(16,17)12-7-13-5-3-2-4-6-13/h2-7,12H,8-11H2,1H3/b12-7+. The highest BCUT2D eigenvalue weighted by Crippen LogP contribution is 2.10. The maximum atomic E-state index is 12.1. The van der Waals surface area contributed by atoms with Crippen LogP contribution >= 0.6 is 0 Å². The van der Waals surface area contributed by atoms with Gasteiger partial charge in [-0.2, -0.15) is 4.31 Å². The lowest BCUT2D eigenvalue weighted by atomic mass is 10.2. The van der Waals surface area contributed by atoms with E-state index in [1.807, 2.05) is 37.4 Å². The van der Waals surface area contributed by atoms with Gasteiger partial charge in [0.1, 0.15) is 0 Å². The van der Waals surface area contributed by atoms with Crippen LogP contribution in [0.25, 0.3) is 6.08 Å². The van der Waals surface area contributed by atoms with Crippen molar-refractivity contribution in [1.82, 2.24) is 9.21 Å². The van der Waals surface area contributed by atoms with Crippen molar-refractivity contribution in [3.8, 4) is 0 Å². The summed E-state index contributed by atoms with van der Waals surface area (Å²) < 4.78 is 25.7. The van der Waals surface area contributed by atoms with Crippen molar-refractivity contribution in [2.75, 3.05) is 33.2 Å². The monoisotopic (exact) mass is 266 g/mol. The van der Waals surface area contributed by atoms with Gasteiger partial charge in [0, 0.05) is 31.6 Å². The second-order valence-electron chi connectivity index (χ2n) is 4.46. The highest BCUT2D eigenvalue weighted by molar-refractivity contribution is 7.92. The zero-order valence-corrected chi connectivity index (χ0v) is 11.3. The van der Waals surface area contributed by atoms with Crippen molar-refractivity contribution < 1.29 is 8.42 Å². The summed E-state index contributed by atoms with van der Waals surface area (Å²) in [5, 5.41) is 1.30. The summed E-state index contributed by atoms with van der Waals surface area (Å²) in [4.78, 5) is 2.13. The molecular formula is C13H18N2O2S. The molecule has 1 aromatic rings. The summed E-state index contributed by atoms with van der Waals surface area (Å²) in [7, 11) is -1.28. The van der Waals surface area contributed by atoms with Crippen molar-refractivity contribution in [2.24, 2.45) is 0 Å². The minimum Gasteiger partial charge on any atom is -0.304 e. The number of likely N-dealkylation sites (N-methyl/N-ethyl adjacent to an activating group) is 1. The van der Waals surface area contributed by atoms with Crippen LogP contribution in [-0.4, -0.2) is 50.8 Å². The largest absolute Gasteiger partial charge is 0.304 e. The molecule has 2 rings (SSSR count). The Bertz CT molecular complexity index is 503. The van der Waals surface area contributed by atoms with E-state index in [9.17, 15) is 8.42 Å². The van der Waals surface area contributed by atoms with Crippen LogP contribution in [0.4, 0.5) is 0 Å². The highest BCUT2D eigenvalue weighted by atomic mass is 32.2. The highest BCUT2D eigenvalue weighted by Gasteiger charge is 2.23. The molecule has 1 aliphatic heterocycles. The molecule has 0 aliphatic carbocycles. The van der Waals surface area contributed by atoms with Crippen molar-refractivity contribution in [2.45, 2.75) is 0 Å². The van der Waals surface area contributed by atoms with Gasteiger partial charge in [-0.3, -0.25) is 0 Å². The quantitative estimate of drug-likeness (QED) is 0.826. The molecule has 1 fully saturated rings. The molecular weight excluding hydrogens is 248 g/mol. The molecule has 0 atom stereocenters. The van der Waals surface area contributed by atoms with E-state index in [-0.39, 0.29) is 0 Å². The number of rotatable bonds is 3. The Balaban J connectivity index is 2.06. The van der Waals surface area contributed by atoms with Gasteiger partial charge in [0.25, 0.3) is 0 Å². The minimum absolute atomic E-state index is 0.567. The third-order valence-electron chi connectivity index (χ3n) is 3.05. The fourth-order valence-corrected chi connectivity index (χ4v) is 3.03. The SMILES string of the molecule is CN1CCN(S(=O)(=O)/C=C/c2ccccc2)CC1. The van der Waals surface area contributed by atoms with Crippen LogP contribution in [0.5, 0.6) is 0 Å². The zero-order valence-electron chi connectivity index (χ0n) is 10.5. The lowest BCUT2D eigenvalue weighted by molar-refractivity contribution is 0.224. The predicted molar refractivity (Wildman–Crippen MR) is 73.5 cm³/mol. The number of benzene rings is 1. The summed E-state index contributed by atoms with van der Waals surface area (Å²) in [5.74, 6) is 0. The Morgan fingerprint density at radius 3 is 2.28 bits per heavy atom. The summed E-state index contributed by atoms with van der Waals surface area (Å²) in [6.45, 7) is 2.72. The van der Waals surface area contributed by atoms with E-state index >= 15 is 0 Å². The van der Waals surface area contributed by atoms with Crippen molar-refractivity contribution in [3.63, 3.8) is 0 Å². The lowest BCUT2D eigenvalue weighted by Crippen LogP contribution is -2.46. The Labute approximate surface area is 109 Å². The summed E-state index contributed by atoms with van der Waals surface area (Å²) >= 11 is 0. The maximum absolute atomic E-state index is 12.1. The molecule has 0 N–H and O–H groups in total. The molecule has 1 saturated heterocycles. The van der Waals surface area contributed by atoms with Crippen molar-refractivity contribution in [3.05, 3.63) is 41.3 Å². The van der Waals surface area contributed by atoms with E-state index in [1.54, 1.807) is 6.08 Å². The molecule has 0 bridgehead atoms. The molecule has 98 valence electrons. The van der Waals surface area contributed by atoms with E-state index < -0.39 is 10.0 Å². The van der Waals surface area contributed by atoms with Gasteiger partial charge in [0.15, 0.2) is 0 Å². The van der Waals surface area contributed by atoms with E-state index in [0.29, 0.717) is 13.1 Å². The van der Waals surface area contributed by atoms with Crippen LogP contribution in [0.2, 0.25) is 0 Å². The number of sulfonamides is 1. The molecule has 0 unspecified atom stereocenters. The summed E-state index contributed by atoms with van der Waals surface area (Å²) in [6.07, 6.45) is 1.65. The Morgan fingerprint density at radius 2 is 1.67 bits per heavy atom. The number of piperazine rings is 1. The van der Waals surface area contributed by atoms with Crippen LogP contribution in [0.15, 0.2) is 35.7 Å². The first-order valence-electron chi connectivity index (χ1n) is 6.00. The lowest BCUT2D eigenvalue weighted by Gasteiger charge is -2.30. The van der Waals surface area contributed by atoms with Gasteiger partial charge < -0.3 is 4.90 Å². The molecule has 4 nitrogen and oxygen atoms in total. The van der Waals surface area contributed by atoms with Gasteiger partial charge in [-0.1, -0.05) is 30.3 Å². The molecule has 0 spiro atoms. The number of nitrogens with zero attached hydrogens (tertiary/aromatic N) is 2. The van der Waals surface area contributed by atoms with Gasteiger partial charge in [0.2, 0.25) is 10.0 Å². The fraction of sp³-hybridized carbons (Fsp3) is 0.385. The molecule has 0 aromatic heterocycles. The zero-order chi connectivity index (χ0) is 13.0. The van der Waals surface area contributed by atoms with Crippen LogP contribution in [-0.2, 0) is 10.0 Å². The van der Waals surface area contributed by atoms with Crippen LogP contribution in [0.1, 0.15) is 5.56 Å². The van der Waals surface area contributed by atoms with Gasteiger partial charge in [-0.05, 0) is 18.7 Å². The first-order chi connectivity index (χ1) is 8.58. The third-order valence-corrected chi connectivity index (χ3v) is 4.62. The molecule has 18 heavy (non-hydrogen) atoms. The average Bonchev–Trinajstić information content (AvgIpc) is 2.38. The molecule has 0 radical (unpaired) electrons. The van der Waals surface area contributed by atoms with Crippen LogP contribution in [0, 0.1) is 0 Å². The number of hydrogen-bond donors (Lipinski definition) is 0. The first kappa shape index (κ1) is 13.3. The number of hydrogen-bond acceptors (Lipinski definition) is 3. The molecule has 1 aliphatic rings.